The van der Waals surface area contributed by atoms with Crippen LogP contribution in [0, 0.1) is 0 Å². The maximum Gasteiger partial charge on any atom is 0.313 e. The van der Waals surface area contributed by atoms with E-state index in [-0.39, 0.29) is 11.8 Å². The van der Waals surface area contributed by atoms with E-state index in [2.05, 4.69) is 4.98 Å². The zero-order valence-electron chi connectivity index (χ0n) is 11.2. The molecule has 21 heavy (non-hydrogen) atoms. The van der Waals surface area contributed by atoms with Crippen LogP contribution in [0.25, 0.3) is 0 Å². The summed E-state index contributed by atoms with van der Waals surface area (Å²) in [6.45, 7) is 1.91. The van der Waals surface area contributed by atoms with E-state index < -0.39 is 11.5 Å². The Labute approximate surface area is 130 Å². The zero-order valence-corrected chi connectivity index (χ0v) is 12.8. The molecule has 0 radical (unpaired) electrons. The lowest BCUT2D eigenvalue weighted by molar-refractivity contribution is -0.133. The van der Waals surface area contributed by atoms with Gasteiger partial charge in [-0.25, -0.2) is 0 Å². The fourth-order valence-corrected chi connectivity index (χ4v) is 2.96. The average molecular weight is 325 g/mol. The summed E-state index contributed by atoms with van der Waals surface area (Å²) < 4.78 is 1.75. The van der Waals surface area contributed by atoms with Gasteiger partial charge in [0.05, 0.1) is 11.8 Å². The standard InChI is InChI=1S/C14H13ClN2O3S/c1-9(10-4-2-3-5-11(10)15)17-7-6-12(18)16-14(17)21-8-13(19)20/h2-7,9H,8H2,1H3,(H,19,20). The number of hydrogen-bond donors (Lipinski definition) is 1. The normalized spacial score (nSPS) is 12.1. The number of carbonyl (C=O) groups is 1. The molecule has 0 saturated carbocycles. The molecule has 1 unspecified atom stereocenters. The summed E-state index contributed by atoms with van der Waals surface area (Å²) >= 11 is 7.19. The average Bonchev–Trinajstić information content (AvgIpc) is 2.45. The lowest BCUT2D eigenvalue weighted by Gasteiger charge is -2.20. The predicted molar refractivity (Wildman–Crippen MR) is 82.1 cm³/mol. The van der Waals surface area contributed by atoms with Crippen LogP contribution in [0.15, 0.2) is 46.5 Å². The lowest BCUT2D eigenvalue weighted by atomic mass is 10.1. The number of rotatable bonds is 5. The highest BCUT2D eigenvalue weighted by atomic mass is 35.5. The summed E-state index contributed by atoms with van der Waals surface area (Å²) in [5.74, 6) is -1.12. The summed E-state index contributed by atoms with van der Waals surface area (Å²) in [5.41, 5.74) is 0.479. The highest BCUT2D eigenvalue weighted by molar-refractivity contribution is 7.99. The minimum Gasteiger partial charge on any atom is -0.481 e. The molecule has 7 heteroatoms. The van der Waals surface area contributed by atoms with Crippen molar-refractivity contribution >= 4 is 29.3 Å². The predicted octanol–water partition coefficient (Wildman–Crippen LogP) is 2.68. The first kappa shape index (κ1) is 15.6. The Morgan fingerprint density at radius 1 is 1.43 bits per heavy atom. The van der Waals surface area contributed by atoms with Crippen LogP contribution < -0.4 is 5.56 Å². The van der Waals surface area contributed by atoms with Gasteiger partial charge in [0.2, 0.25) is 0 Å². The minimum atomic E-state index is -0.963. The molecule has 5 nitrogen and oxygen atoms in total. The van der Waals surface area contributed by atoms with E-state index in [0.29, 0.717) is 10.2 Å². The van der Waals surface area contributed by atoms with E-state index >= 15 is 0 Å². The van der Waals surface area contributed by atoms with Gasteiger partial charge in [-0.1, -0.05) is 41.6 Å². The van der Waals surface area contributed by atoms with Crippen LogP contribution in [0.4, 0.5) is 0 Å². The fourth-order valence-electron chi connectivity index (χ4n) is 1.89. The van der Waals surface area contributed by atoms with Gasteiger partial charge >= 0.3 is 5.97 Å². The maximum atomic E-state index is 11.4. The molecule has 0 saturated heterocycles. The van der Waals surface area contributed by atoms with Crippen molar-refractivity contribution in [3.8, 4) is 0 Å². The van der Waals surface area contributed by atoms with E-state index in [1.165, 1.54) is 6.07 Å². The van der Waals surface area contributed by atoms with Crippen molar-refractivity contribution < 1.29 is 9.90 Å². The highest BCUT2D eigenvalue weighted by Gasteiger charge is 2.15. The van der Waals surface area contributed by atoms with Gasteiger partial charge in [0.15, 0.2) is 5.16 Å². The molecule has 1 aromatic heterocycles. The topological polar surface area (TPSA) is 72.2 Å². The molecular weight excluding hydrogens is 312 g/mol. The number of nitrogens with zero attached hydrogens (tertiary/aromatic N) is 2. The molecule has 0 bridgehead atoms. The number of halogens is 1. The Bertz CT molecular complexity index is 717. The van der Waals surface area contributed by atoms with Gasteiger partial charge in [0.25, 0.3) is 5.56 Å². The summed E-state index contributed by atoms with van der Waals surface area (Å²) in [5, 5.41) is 9.75. The summed E-state index contributed by atoms with van der Waals surface area (Å²) in [6.07, 6.45) is 1.60. The van der Waals surface area contributed by atoms with Crippen molar-refractivity contribution in [2.75, 3.05) is 5.75 Å². The van der Waals surface area contributed by atoms with E-state index in [0.717, 1.165) is 17.3 Å². The monoisotopic (exact) mass is 324 g/mol. The van der Waals surface area contributed by atoms with Crippen molar-refractivity contribution in [1.29, 1.82) is 0 Å². The third kappa shape index (κ3) is 3.86. The number of thioether (sulfide) groups is 1. The number of hydrogen-bond acceptors (Lipinski definition) is 4. The van der Waals surface area contributed by atoms with Gasteiger partial charge < -0.3 is 9.67 Å². The number of aromatic nitrogens is 2. The molecule has 0 fully saturated rings. The molecule has 0 aliphatic heterocycles. The van der Waals surface area contributed by atoms with Crippen molar-refractivity contribution in [1.82, 2.24) is 9.55 Å². The molecule has 0 aliphatic rings. The Kier molecular flexibility index (Phi) is 5.03. The number of carboxylic acid groups (broad SMARTS) is 1. The first-order valence-electron chi connectivity index (χ1n) is 6.17. The van der Waals surface area contributed by atoms with E-state index in [1.54, 1.807) is 16.8 Å². The molecule has 1 aromatic carbocycles. The maximum absolute atomic E-state index is 11.4. The Hall–Kier alpha value is -1.79. The van der Waals surface area contributed by atoms with Gasteiger partial charge in [-0.2, -0.15) is 4.98 Å². The lowest BCUT2D eigenvalue weighted by Crippen LogP contribution is -2.17. The second-order valence-electron chi connectivity index (χ2n) is 4.34. The molecular formula is C14H13ClN2O3S. The van der Waals surface area contributed by atoms with E-state index in [1.807, 2.05) is 25.1 Å². The van der Waals surface area contributed by atoms with Crippen LogP contribution in [-0.2, 0) is 4.79 Å². The second kappa shape index (κ2) is 6.78. The van der Waals surface area contributed by atoms with E-state index in [4.69, 9.17) is 16.7 Å². The van der Waals surface area contributed by atoms with Crippen molar-refractivity contribution in [3.05, 3.63) is 57.5 Å². The van der Waals surface area contributed by atoms with E-state index in [9.17, 15) is 9.59 Å². The molecule has 0 amide bonds. The van der Waals surface area contributed by atoms with Crippen LogP contribution in [0.2, 0.25) is 5.02 Å². The number of carboxylic acids is 1. The second-order valence-corrected chi connectivity index (χ2v) is 5.69. The molecule has 110 valence electrons. The molecule has 1 atom stereocenters. The van der Waals surface area contributed by atoms with Crippen LogP contribution in [0.3, 0.4) is 0 Å². The molecule has 2 aromatic rings. The molecule has 0 aliphatic carbocycles. The summed E-state index contributed by atoms with van der Waals surface area (Å²) in [7, 11) is 0. The summed E-state index contributed by atoms with van der Waals surface area (Å²) in [6, 6.07) is 8.56. The highest BCUT2D eigenvalue weighted by Crippen LogP contribution is 2.28. The van der Waals surface area contributed by atoms with Gasteiger partial charge in [0.1, 0.15) is 0 Å². The number of aliphatic carboxylic acids is 1. The first-order chi connectivity index (χ1) is 9.99. The van der Waals surface area contributed by atoms with Gasteiger partial charge in [-0.15, -0.1) is 0 Å². The van der Waals surface area contributed by atoms with Crippen LogP contribution in [0.5, 0.6) is 0 Å². The van der Waals surface area contributed by atoms with Crippen molar-refractivity contribution in [2.45, 2.75) is 18.1 Å². The smallest absolute Gasteiger partial charge is 0.313 e. The third-order valence-electron chi connectivity index (χ3n) is 2.90. The zero-order chi connectivity index (χ0) is 15.4. The largest absolute Gasteiger partial charge is 0.481 e. The Morgan fingerprint density at radius 2 is 2.14 bits per heavy atom. The molecule has 1 N–H and O–H groups in total. The molecule has 2 rings (SSSR count). The minimum absolute atomic E-state index is 0.161. The van der Waals surface area contributed by atoms with Gasteiger partial charge in [-0.05, 0) is 18.6 Å². The molecule has 1 heterocycles. The fraction of sp³-hybridized carbons (Fsp3) is 0.214. The quantitative estimate of drug-likeness (QED) is 0.676. The number of benzene rings is 1. The van der Waals surface area contributed by atoms with Crippen LogP contribution >= 0.6 is 23.4 Å². The first-order valence-corrected chi connectivity index (χ1v) is 7.53. The van der Waals surface area contributed by atoms with Crippen molar-refractivity contribution in [3.63, 3.8) is 0 Å². The van der Waals surface area contributed by atoms with Gasteiger partial charge in [0, 0.05) is 17.3 Å². The van der Waals surface area contributed by atoms with Crippen LogP contribution in [-0.4, -0.2) is 26.4 Å². The summed E-state index contributed by atoms with van der Waals surface area (Å²) in [4.78, 5) is 26.0. The molecule has 0 spiro atoms. The Balaban J connectivity index is 2.40. The van der Waals surface area contributed by atoms with Crippen LogP contribution in [0.1, 0.15) is 18.5 Å². The SMILES string of the molecule is CC(c1ccccc1Cl)n1ccc(=O)nc1SCC(=O)O. The van der Waals surface area contributed by atoms with Crippen molar-refractivity contribution in [2.24, 2.45) is 0 Å². The third-order valence-corrected chi connectivity index (χ3v) is 4.20. The van der Waals surface area contributed by atoms with Gasteiger partial charge in [-0.3, -0.25) is 9.59 Å². The Morgan fingerprint density at radius 3 is 2.81 bits per heavy atom.